The van der Waals surface area contributed by atoms with Crippen molar-refractivity contribution in [3.05, 3.63) is 29.8 Å². The van der Waals surface area contributed by atoms with Crippen LogP contribution in [-0.2, 0) is 9.59 Å². The van der Waals surface area contributed by atoms with Gasteiger partial charge < -0.3 is 20.6 Å². The first kappa shape index (κ1) is 19.9. The van der Waals surface area contributed by atoms with E-state index in [1.807, 2.05) is 13.8 Å². The van der Waals surface area contributed by atoms with E-state index in [-0.39, 0.29) is 36.3 Å². The standard InChI is InChI=1S/C19H27N3O4/c1-12(2)17(19(26)22-9-5-8-16(22)11-23)21-18(25)14-6-4-7-15(10-14)20-13(3)24/h4,6-7,10,12,16-17,23H,5,8-9,11H2,1-3H3,(H,20,24)(H,21,25)/t16-,17-/m0/s1. The average molecular weight is 361 g/mol. The lowest BCUT2D eigenvalue weighted by Crippen LogP contribution is -2.53. The first-order valence-corrected chi connectivity index (χ1v) is 8.93. The number of rotatable bonds is 6. The molecule has 3 amide bonds. The normalized spacial score (nSPS) is 17.9. The molecule has 7 nitrogen and oxygen atoms in total. The lowest BCUT2D eigenvalue weighted by molar-refractivity contribution is -0.135. The number of carbonyl (C=O) groups is 3. The van der Waals surface area contributed by atoms with E-state index in [0.717, 1.165) is 12.8 Å². The van der Waals surface area contributed by atoms with Gasteiger partial charge in [-0.05, 0) is 37.0 Å². The van der Waals surface area contributed by atoms with Gasteiger partial charge in [0.15, 0.2) is 0 Å². The van der Waals surface area contributed by atoms with E-state index < -0.39 is 6.04 Å². The second-order valence-electron chi connectivity index (χ2n) is 6.97. The van der Waals surface area contributed by atoms with Crippen LogP contribution >= 0.6 is 0 Å². The van der Waals surface area contributed by atoms with Gasteiger partial charge in [0.2, 0.25) is 11.8 Å². The van der Waals surface area contributed by atoms with Crippen LogP contribution in [-0.4, -0.2) is 53.0 Å². The summed E-state index contributed by atoms with van der Waals surface area (Å²) in [4.78, 5) is 38.3. The Morgan fingerprint density at radius 3 is 2.65 bits per heavy atom. The highest BCUT2D eigenvalue weighted by atomic mass is 16.3. The van der Waals surface area contributed by atoms with Gasteiger partial charge in [0.25, 0.3) is 5.91 Å². The van der Waals surface area contributed by atoms with Crippen LogP contribution < -0.4 is 10.6 Å². The lowest BCUT2D eigenvalue weighted by atomic mass is 10.0. The van der Waals surface area contributed by atoms with Crippen molar-refractivity contribution in [3.8, 4) is 0 Å². The number of amides is 3. The van der Waals surface area contributed by atoms with E-state index in [2.05, 4.69) is 10.6 Å². The Labute approximate surface area is 153 Å². The zero-order valence-corrected chi connectivity index (χ0v) is 15.5. The number of likely N-dealkylation sites (tertiary alicyclic amines) is 1. The molecule has 1 aliphatic rings. The highest BCUT2D eigenvalue weighted by molar-refractivity contribution is 5.99. The van der Waals surface area contributed by atoms with Gasteiger partial charge in [-0.15, -0.1) is 0 Å². The maximum absolute atomic E-state index is 12.9. The molecule has 26 heavy (non-hydrogen) atoms. The van der Waals surface area contributed by atoms with Crippen molar-refractivity contribution in [2.24, 2.45) is 5.92 Å². The van der Waals surface area contributed by atoms with E-state index >= 15 is 0 Å². The number of aliphatic hydroxyl groups is 1. The Hall–Kier alpha value is -2.41. The van der Waals surface area contributed by atoms with Crippen LogP contribution in [0.3, 0.4) is 0 Å². The van der Waals surface area contributed by atoms with Crippen LogP contribution in [0.2, 0.25) is 0 Å². The molecule has 2 atom stereocenters. The molecule has 1 aliphatic heterocycles. The van der Waals surface area contributed by atoms with Gasteiger partial charge in [-0.3, -0.25) is 14.4 Å². The quantitative estimate of drug-likeness (QED) is 0.713. The van der Waals surface area contributed by atoms with Crippen molar-refractivity contribution in [1.82, 2.24) is 10.2 Å². The Balaban J connectivity index is 2.13. The molecule has 1 saturated heterocycles. The van der Waals surface area contributed by atoms with Gasteiger partial charge in [0.1, 0.15) is 6.04 Å². The Morgan fingerprint density at radius 1 is 1.31 bits per heavy atom. The summed E-state index contributed by atoms with van der Waals surface area (Å²) in [5.41, 5.74) is 0.896. The van der Waals surface area contributed by atoms with Crippen molar-refractivity contribution >= 4 is 23.4 Å². The van der Waals surface area contributed by atoms with Gasteiger partial charge in [0.05, 0.1) is 12.6 Å². The second-order valence-corrected chi connectivity index (χ2v) is 6.97. The molecule has 1 fully saturated rings. The number of anilines is 1. The summed E-state index contributed by atoms with van der Waals surface area (Å²) < 4.78 is 0. The molecule has 1 heterocycles. The largest absolute Gasteiger partial charge is 0.394 e. The molecule has 1 aromatic rings. The molecule has 3 N–H and O–H groups in total. The Morgan fingerprint density at radius 2 is 2.04 bits per heavy atom. The number of aliphatic hydroxyl groups excluding tert-OH is 1. The smallest absolute Gasteiger partial charge is 0.252 e. The topological polar surface area (TPSA) is 98.7 Å². The fourth-order valence-electron chi connectivity index (χ4n) is 3.17. The van der Waals surface area contributed by atoms with Crippen LogP contribution in [0.15, 0.2) is 24.3 Å². The van der Waals surface area contributed by atoms with E-state index in [1.54, 1.807) is 29.2 Å². The monoisotopic (exact) mass is 361 g/mol. The maximum atomic E-state index is 12.9. The molecule has 7 heteroatoms. The molecular formula is C19H27N3O4. The second kappa shape index (κ2) is 8.80. The molecule has 0 aliphatic carbocycles. The van der Waals surface area contributed by atoms with Crippen LogP contribution in [0.25, 0.3) is 0 Å². The minimum absolute atomic E-state index is 0.0662. The molecule has 0 unspecified atom stereocenters. The SMILES string of the molecule is CC(=O)Nc1cccc(C(=O)N[C@H](C(=O)N2CCC[C@H]2CO)C(C)C)c1. The molecule has 0 saturated carbocycles. The van der Waals surface area contributed by atoms with E-state index in [4.69, 9.17) is 0 Å². The summed E-state index contributed by atoms with van der Waals surface area (Å²) in [5, 5.41) is 14.9. The van der Waals surface area contributed by atoms with Crippen molar-refractivity contribution < 1.29 is 19.5 Å². The number of benzene rings is 1. The summed E-state index contributed by atoms with van der Waals surface area (Å²) in [6.45, 7) is 5.68. The molecule has 2 rings (SSSR count). The summed E-state index contributed by atoms with van der Waals surface area (Å²) in [5.74, 6) is -0.848. The third-order valence-electron chi connectivity index (χ3n) is 4.54. The molecule has 0 spiro atoms. The fraction of sp³-hybridized carbons (Fsp3) is 0.526. The van der Waals surface area contributed by atoms with Crippen LogP contribution in [0, 0.1) is 5.92 Å². The summed E-state index contributed by atoms with van der Waals surface area (Å²) in [7, 11) is 0. The number of nitrogens with one attached hydrogen (secondary N) is 2. The third kappa shape index (κ3) is 4.82. The zero-order valence-electron chi connectivity index (χ0n) is 15.5. The first-order valence-electron chi connectivity index (χ1n) is 8.93. The van der Waals surface area contributed by atoms with Crippen molar-refractivity contribution in [2.45, 2.75) is 45.7 Å². The lowest BCUT2D eigenvalue weighted by Gasteiger charge is -2.30. The summed E-state index contributed by atoms with van der Waals surface area (Å²) >= 11 is 0. The Kier molecular flexibility index (Phi) is 6.74. The number of carbonyl (C=O) groups excluding carboxylic acids is 3. The highest BCUT2D eigenvalue weighted by Crippen LogP contribution is 2.20. The van der Waals surface area contributed by atoms with E-state index in [0.29, 0.717) is 17.8 Å². The van der Waals surface area contributed by atoms with Gasteiger partial charge >= 0.3 is 0 Å². The molecule has 142 valence electrons. The van der Waals surface area contributed by atoms with Crippen LogP contribution in [0.1, 0.15) is 44.0 Å². The minimum Gasteiger partial charge on any atom is -0.394 e. The van der Waals surface area contributed by atoms with Crippen LogP contribution in [0.4, 0.5) is 5.69 Å². The molecule has 0 radical (unpaired) electrons. The summed E-state index contributed by atoms with van der Waals surface area (Å²) in [6, 6.07) is 5.73. The molecular weight excluding hydrogens is 334 g/mol. The molecule has 1 aromatic carbocycles. The van der Waals surface area contributed by atoms with Gasteiger partial charge in [-0.1, -0.05) is 19.9 Å². The Bertz CT molecular complexity index is 675. The fourth-order valence-corrected chi connectivity index (χ4v) is 3.17. The third-order valence-corrected chi connectivity index (χ3v) is 4.54. The van der Waals surface area contributed by atoms with Crippen LogP contribution in [0.5, 0.6) is 0 Å². The minimum atomic E-state index is -0.668. The van der Waals surface area contributed by atoms with Gasteiger partial charge in [-0.2, -0.15) is 0 Å². The highest BCUT2D eigenvalue weighted by Gasteiger charge is 2.35. The summed E-state index contributed by atoms with van der Waals surface area (Å²) in [6.07, 6.45) is 1.63. The predicted molar refractivity (Wildman–Crippen MR) is 98.7 cm³/mol. The van der Waals surface area contributed by atoms with Gasteiger partial charge in [0, 0.05) is 24.7 Å². The number of hydrogen-bond donors (Lipinski definition) is 3. The zero-order chi connectivity index (χ0) is 19.3. The predicted octanol–water partition coefficient (Wildman–Crippen LogP) is 1.38. The van der Waals surface area contributed by atoms with Gasteiger partial charge in [-0.25, -0.2) is 0 Å². The van der Waals surface area contributed by atoms with Crippen molar-refractivity contribution in [2.75, 3.05) is 18.5 Å². The first-order chi connectivity index (χ1) is 12.3. The number of nitrogens with zero attached hydrogens (tertiary/aromatic N) is 1. The molecule has 0 aromatic heterocycles. The van der Waals surface area contributed by atoms with Crippen molar-refractivity contribution in [1.29, 1.82) is 0 Å². The van der Waals surface area contributed by atoms with Crippen molar-refractivity contribution in [3.63, 3.8) is 0 Å². The van der Waals surface area contributed by atoms with E-state index in [1.165, 1.54) is 6.92 Å². The maximum Gasteiger partial charge on any atom is 0.252 e. The number of hydrogen-bond acceptors (Lipinski definition) is 4. The van der Waals surface area contributed by atoms with E-state index in [9.17, 15) is 19.5 Å². The average Bonchev–Trinajstić information content (AvgIpc) is 3.07. The molecule has 0 bridgehead atoms.